The van der Waals surface area contributed by atoms with Gasteiger partial charge in [0, 0.05) is 48.8 Å². The fraction of sp³-hybridized carbons (Fsp3) is 0.593. The van der Waals surface area contributed by atoms with E-state index in [2.05, 4.69) is 11.0 Å². The number of ether oxygens (including phenoxy) is 1. The number of nitrogens with zero attached hydrogens (tertiary/aromatic N) is 3. The van der Waals surface area contributed by atoms with Gasteiger partial charge in [0.15, 0.2) is 0 Å². The largest absolute Gasteiger partial charge is 0.496 e. The Morgan fingerprint density at radius 1 is 1.27 bits per heavy atom. The Morgan fingerprint density at radius 2 is 1.95 bits per heavy atom. The topological polar surface area (TPSA) is 111 Å². The summed E-state index contributed by atoms with van der Waals surface area (Å²) in [5, 5.41) is 20.1. The molecule has 0 radical (unpaired) electrons. The molecule has 2 fully saturated rings. The van der Waals surface area contributed by atoms with Crippen molar-refractivity contribution in [1.29, 1.82) is 0 Å². The van der Waals surface area contributed by atoms with Gasteiger partial charge in [0.2, 0.25) is 11.8 Å². The Labute approximate surface area is 222 Å². The highest BCUT2D eigenvalue weighted by Gasteiger charge is 2.60. The van der Waals surface area contributed by atoms with Gasteiger partial charge in [-0.3, -0.25) is 14.5 Å². The van der Waals surface area contributed by atoms with E-state index in [0.717, 1.165) is 22.4 Å². The van der Waals surface area contributed by atoms with Crippen LogP contribution in [0.15, 0.2) is 22.7 Å². The Balaban J connectivity index is 1.62. The number of aliphatic hydroxyl groups excluding tert-OH is 1. The summed E-state index contributed by atoms with van der Waals surface area (Å²) < 4.78 is 5.66. The lowest BCUT2D eigenvalue weighted by molar-refractivity contribution is -0.163. The summed E-state index contributed by atoms with van der Waals surface area (Å²) in [7, 11) is 5.14. The zero-order valence-corrected chi connectivity index (χ0v) is 23.3. The first kappa shape index (κ1) is 27.5. The van der Waals surface area contributed by atoms with Crippen molar-refractivity contribution >= 4 is 29.5 Å². The number of methoxy groups -OCH3 is 1. The number of β-lactam (4-membered cyclic amide) rings is 1. The smallest absolute Gasteiger partial charge is 0.353 e. The molecule has 6 atom stereocenters. The average molecular weight is 532 g/mol. The number of aryl methyl sites for hydroxylation is 2. The van der Waals surface area contributed by atoms with Gasteiger partial charge in [-0.2, -0.15) is 0 Å². The summed E-state index contributed by atoms with van der Waals surface area (Å²) in [6, 6.07) is 3.40. The normalized spacial score (nSPS) is 28.3. The van der Waals surface area contributed by atoms with Gasteiger partial charge < -0.3 is 24.7 Å². The molecule has 0 spiro atoms. The zero-order valence-electron chi connectivity index (χ0n) is 22.5. The van der Waals surface area contributed by atoms with E-state index in [1.807, 2.05) is 26.8 Å². The van der Waals surface area contributed by atoms with Crippen LogP contribution in [0.4, 0.5) is 0 Å². The van der Waals surface area contributed by atoms with Gasteiger partial charge in [-0.1, -0.05) is 13.0 Å². The van der Waals surface area contributed by atoms with Gasteiger partial charge in [-0.25, -0.2) is 4.79 Å². The molecule has 202 valence electrons. The summed E-state index contributed by atoms with van der Waals surface area (Å²) in [6.07, 6.45) is -0.274. The summed E-state index contributed by atoms with van der Waals surface area (Å²) in [4.78, 5) is 43.9. The molecule has 0 bridgehead atoms. The molecule has 3 heterocycles. The number of likely N-dealkylation sites (N-methyl/N-ethyl adjacent to an activating group) is 1. The molecule has 3 aliphatic heterocycles. The van der Waals surface area contributed by atoms with Crippen molar-refractivity contribution in [1.82, 2.24) is 14.7 Å². The maximum absolute atomic E-state index is 13.2. The number of carbonyl (C=O) groups is 3. The quantitative estimate of drug-likeness (QED) is 0.492. The molecule has 0 saturated carbocycles. The highest BCUT2D eigenvalue weighted by atomic mass is 32.2. The van der Waals surface area contributed by atoms with Crippen LogP contribution < -0.4 is 4.74 Å². The number of carbonyl (C=O) groups excluding carboxylic acids is 2. The van der Waals surface area contributed by atoms with Crippen molar-refractivity contribution in [2.24, 2.45) is 11.8 Å². The third-order valence-electron chi connectivity index (χ3n) is 7.85. The third-order valence-corrected chi connectivity index (χ3v) is 9.35. The van der Waals surface area contributed by atoms with Gasteiger partial charge in [0.25, 0.3) is 0 Å². The van der Waals surface area contributed by atoms with Gasteiger partial charge in [0.1, 0.15) is 11.4 Å². The van der Waals surface area contributed by atoms with Crippen molar-refractivity contribution in [2.75, 3.05) is 27.7 Å². The molecule has 1 aromatic rings. The Hall–Kier alpha value is -2.56. The number of likely N-dealkylation sites (tertiary alicyclic amines) is 1. The van der Waals surface area contributed by atoms with Crippen LogP contribution in [0.1, 0.15) is 37.0 Å². The van der Waals surface area contributed by atoms with E-state index in [1.54, 1.807) is 33.0 Å². The molecule has 37 heavy (non-hydrogen) atoms. The Morgan fingerprint density at radius 3 is 2.51 bits per heavy atom. The van der Waals surface area contributed by atoms with E-state index in [0.29, 0.717) is 24.4 Å². The predicted molar refractivity (Wildman–Crippen MR) is 141 cm³/mol. The van der Waals surface area contributed by atoms with Gasteiger partial charge in [-0.15, -0.1) is 11.8 Å². The van der Waals surface area contributed by atoms with Crippen molar-refractivity contribution in [2.45, 2.75) is 64.1 Å². The molecular formula is C27H37N3O6S. The van der Waals surface area contributed by atoms with Gasteiger partial charge >= 0.3 is 5.97 Å². The van der Waals surface area contributed by atoms with Crippen LogP contribution in [0.3, 0.4) is 0 Å². The van der Waals surface area contributed by atoms with E-state index in [4.69, 9.17) is 4.74 Å². The number of fused-ring (bicyclic) bond motifs is 1. The number of carboxylic acid groups (broad SMARTS) is 1. The lowest BCUT2D eigenvalue weighted by Crippen LogP contribution is -2.63. The maximum atomic E-state index is 13.2. The lowest BCUT2D eigenvalue weighted by Gasteiger charge is -2.46. The van der Waals surface area contributed by atoms with E-state index in [9.17, 15) is 24.6 Å². The first-order valence-corrected chi connectivity index (χ1v) is 13.5. The Kier molecular flexibility index (Phi) is 7.65. The van der Waals surface area contributed by atoms with E-state index in [1.165, 1.54) is 16.7 Å². The van der Waals surface area contributed by atoms with Crippen molar-refractivity contribution in [3.05, 3.63) is 39.4 Å². The molecule has 0 aromatic heterocycles. The number of aliphatic carboxylic acids is 1. The molecule has 0 unspecified atom stereocenters. The number of benzene rings is 1. The van der Waals surface area contributed by atoms with Crippen LogP contribution in [-0.4, -0.2) is 93.9 Å². The van der Waals surface area contributed by atoms with E-state index < -0.39 is 18.0 Å². The lowest BCUT2D eigenvalue weighted by atomic mass is 9.79. The molecule has 2 amide bonds. The van der Waals surface area contributed by atoms with Crippen molar-refractivity contribution < 1.29 is 29.3 Å². The maximum Gasteiger partial charge on any atom is 0.353 e. The van der Waals surface area contributed by atoms with Crippen molar-refractivity contribution in [3.8, 4) is 5.75 Å². The monoisotopic (exact) mass is 531 g/mol. The number of rotatable bonds is 8. The number of carboxylic acids is 1. The number of amides is 2. The third kappa shape index (κ3) is 4.75. The standard InChI is InChI=1S/C27H37N3O6S/c1-13-8-14(2)18(20(9-13)36-7)12-29-11-17(10-19(29)25(32)28(5)6)37-24-15(3)22-21(16(4)31)26(33)30(22)23(24)27(34)35/h8-9,15-17,19,21-22,31H,10-12H2,1-7H3,(H,34,35)/t15-,16-,17+,19+,21-,22-/m1/s1. The van der Waals surface area contributed by atoms with Crippen LogP contribution >= 0.6 is 11.8 Å². The molecule has 10 heteroatoms. The molecule has 9 nitrogen and oxygen atoms in total. The highest BCUT2D eigenvalue weighted by molar-refractivity contribution is 8.03. The Bertz CT molecular complexity index is 1150. The van der Waals surface area contributed by atoms with Crippen LogP contribution in [0.25, 0.3) is 0 Å². The fourth-order valence-corrected chi connectivity index (χ4v) is 7.64. The molecule has 4 rings (SSSR count). The molecule has 2 N–H and O–H groups in total. The van der Waals surface area contributed by atoms with Crippen LogP contribution in [0.2, 0.25) is 0 Å². The first-order valence-electron chi connectivity index (χ1n) is 12.6. The molecular weight excluding hydrogens is 494 g/mol. The number of hydrogen-bond donors (Lipinski definition) is 2. The minimum absolute atomic E-state index is 0.00639. The molecule has 2 saturated heterocycles. The summed E-state index contributed by atoms with van der Waals surface area (Å²) in [5.41, 5.74) is 3.25. The minimum Gasteiger partial charge on any atom is -0.496 e. The number of thioether (sulfide) groups is 1. The van der Waals surface area contributed by atoms with Gasteiger partial charge in [-0.05, 0) is 44.4 Å². The molecule has 1 aromatic carbocycles. The minimum atomic E-state index is -1.13. The average Bonchev–Trinajstić information content (AvgIpc) is 3.31. The van der Waals surface area contributed by atoms with E-state index in [-0.39, 0.29) is 40.8 Å². The summed E-state index contributed by atoms with van der Waals surface area (Å²) >= 11 is 1.47. The fourth-order valence-electron chi connectivity index (χ4n) is 6.08. The van der Waals surface area contributed by atoms with Gasteiger partial charge in [0.05, 0.1) is 31.2 Å². The predicted octanol–water partition coefficient (Wildman–Crippen LogP) is 2.23. The van der Waals surface area contributed by atoms with Crippen LogP contribution in [-0.2, 0) is 20.9 Å². The van der Waals surface area contributed by atoms with Crippen molar-refractivity contribution in [3.63, 3.8) is 0 Å². The first-order chi connectivity index (χ1) is 17.4. The second kappa shape index (κ2) is 10.3. The molecule has 3 aliphatic rings. The number of hydrogen-bond acceptors (Lipinski definition) is 7. The van der Waals surface area contributed by atoms with Crippen LogP contribution in [0, 0.1) is 25.7 Å². The van der Waals surface area contributed by atoms with E-state index >= 15 is 0 Å². The summed E-state index contributed by atoms with van der Waals surface area (Å²) in [5.74, 6) is -1.48. The van der Waals surface area contributed by atoms with Crippen LogP contribution in [0.5, 0.6) is 5.75 Å². The number of aliphatic hydroxyl groups is 1. The second-order valence-electron chi connectivity index (χ2n) is 10.7. The SMILES string of the molecule is COc1cc(C)cc(C)c1CN1C[C@@H](SC2=C(C(=O)O)N3C(=O)[C@H]([C@@H](C)O)[C@H]3[C@H]2C)C[C@H]1C(=O)N(C)C. The molecule has 0 aliphatic carbocycles. The highest BCUT2D eigenvalue weighted by Crippen LogP contribution is 2.52. The second-order valence-corrected chi connectivity index (χ2v) is 12.0. The zero-order chi connectivity index (χ0) is 27.3. The summed E-state index contributed by atoms with van der Waals surface area (Å²) in [6.45, 7) is 8.69.